The van der Waals surface area contributed by atoms with Crippen molar-refractivity contribution in [2.75, 3.05) is 20.6 Å². The number of aliphatic hydroxyl groups excluding tert-OH is 1. The lowest BCUT2D eigenvalue weighted by molar-refractivity contribution is -0.156. The molecule has 0 bridgehead atoms. The van der Waals surface area contributed by atoms with Crippen LogP contribution in [0.3, 0.4) is 0 Å². The summed E-state index contributed by atoms with van der Waals surface area (Å²) in [6.45, 7) is 11.3. The minimum absolute atomic E-state index is 0.0114. The van der Waals surface area contributed by atoms with E-state index < -0.39 is 42.2 Å². The maximum Gasteiger partial charge on any atom is 0.325 e. The van der Waals surface area contributed by atoms with Crippen LogP contribution in [0.4, 0.5) is 0 Å². The number of likely N-dealkylation sites (N-methyl/N-ethyl adjacent to an activating group) is 2. The molecule has 0 radical (unpaired) electrons. The van der Waals surface area contributed by atoms with Crippen LogP contribution in [0.5, 0.6) is 0 Å². The summed E-state index contributed by atoms with van der Waals surface area (Å²) in [7, 11) is 3.23. The average Bonchev–Trinajstić information content (AvgIpc) is 3.17. The lowest BCUT2D eigenvalue weighted by Gasteiger charge is -2.36. The summed E-state index contributed by atoms with van der Waals surface area (Å²) in [5.41, 5.74) is 5.69. The second-order valence-corrected chi connectivity index (χ2v) is 15.2. The third-order valence-corrected chi connectivity index (χ3v) is 10.0. The summed E-state index contributed by atoms with van der Waals surface area (Å²) in [5, 5.41) is 20.6. The van der Waals surface area contributed by atoms with Crippen LogP contribution >= 0.6 is 0 Å². The van der Waals surface area contributed by atoms with Crippen LogP contribution in [0.25, 0.3) is 0 Å². The Labute approximate surface area is 338 Å². The first-order valence-electron chi connectivity index (χ1n) is 19.9. The van der Waals surface area contributed by atoms with Gasteiger partial charge >= 0.3 is 5.97 Å². The first-order valence-corrected chi connectivity index (χ1v) is 19.9. The third-order valence-electron chi connectivity index (χ3n) is 10.0. The number of aldehydes is 1. The van der Waals surface area contributed by atoms with E-state index in [0.717, 1.165) is 11.1 Å². The number of ketones is 1. The lowest BCUT2D eigenvalue weighted by Crippen LogP contribution is -2.61. The molecule has 1 saturated heterocycles. The van der Waals surface area contributed by atoms with Crippen LogP contribution in [0.1, 0.15) is 84.3 Å². The second-order valence-electron chi connectivity index (χ2n) is 15.2. The van der Waals surface area contributed by atoms with E-state index in [0.29, 0.717) is 50.5 Å². The molecule has 3 amide bonds. The first-order chi connectivity index (χ1) is 27.1. The molecule has 1 aromatic carbocycles. The molecule has 57 heavy (non-hydrogen) atoms. The van der Waals surface area contributed by atoms with Gasteiger partial charge in [0.1, 0.15) is 30.3 Å². The number of carbonyl (C=O) groups excluding carboxylic acids is 6. The number of allylic oxidation sites excluding steroid dienone is 5. The van der Waals surface area contributed by atoms with Crippen LogP contribution in [-0.4, -0.2) is 96.8 Å². The number of rotatable bonds is 23. The molecule has 314 valence electrons. The maximum absolute atomic E-state index is 14.1. The Kier molecular flexibility index (Phi) is 21.7. The smallest absolute Gasteiger partial charge is 0.325 e. The molecule has 1 aromatic rings. The second kappa shape index (κ2) is 25.5. The Morgan fingerprint density at radius 2 is 1.74 bits per heavy atom. The van der Waals surface area contributed by atoms with Gasteiger partial charge in [-0.3, -0.25) is 24.2 Å². The number of benzene rings is 1. The number of hydrogen-bond donors (Lipinski definition) is 5. The molecule has 1 aliphatic heterocycles. The summed E-state index contributed by atoms with van der Waals surface area (Å²) in [4.78, 5) is 75.7. The Morgan fingerprint density at radius 3 is 2.35 bits per heavy atom. The van der Waals surface area contributed by atoms with Crippen LogP contribution < -0.4 is 21.4 Å². The summed E-state index contributed by atoms with van der Waals surface area (Å²) >= 11 is 0. The van der Waals surface area contributed by atoms with E-state index in [9.17, 15) is 33.9 Å². The van der Waals surface area contributed by atoms with Gasteiger partial charge in [0.05, 0.1) is 12.1 Å². The quantitative estimate of drug-likeness (QED) is 0.0471. The molecule has 2 rings (SSSR count). The van der Waals surface area contributed by atoms with Gasteiger partial charge in [-0.1, -0.05) is 87.1 Å². The standard InChI is InChI=1S/C44H65N5O8/c1-29(2)40(46-8)42(54)47-37(27-34-19-13-16-30(3)26-34)43(55)49-25-15-20-36(48-49)44(56)57-38(31(4)18-14-22-39(52)45-7)21-12-10-9-11-17-32(5)41(53)35(28-50)24-23-33(6)51/h9-14,16,18-19,22,26,28-29,32,35-38,40-41,46,48,53H,15,17,20-21,23-25,27H2,1-8H3,(H,45,52)(H,47,54)/b11-9+,12-10+,22-14+,31-18+/t32?,35-,36?,37?,38-,40?,41?/m0/s1. The molecule has 7 atom stereocenters. The summed E-state index contributed by atoms with van der Waals surface area (Å²) in [5.74, 6) is -2.34. The number of Topliss-reactive ketones (excluding diaryl/α,β-unsaturated/α-hetero) is 1. The number of esters is 1. The van der Waals surface area contributed by atoms with Crippen molar-refractivity contribution < 1.29 is 38.6 Å². The molecule has 5 N–H and O–H groups in total. The minimum atomic E-state index is -0.885. The molecule has 0 saturated carbocycles. The van der Waals surface area contributed by atoms with Crippen molar-refractivity contribution >= 4 is 35.8 Å². The van der Waals surface area contributed by atoms with Crippen molar-refractivity contribution in [3.63, 3.8) is 0 Å². The number of ether oxygens (including phenoxy) is 1. The highest BCUT2D eigenvalue weighted by molar-refractivity contribution is 5.90. The van der Waals surface area contributed by atoms with Crippen molar-refractivity contribution in [1.82, 2.24) is 26.4 Å². The zero-order valence-corrected chi connectivity index (χ0v) is 35.0. The molecule has 0 aromatic heterocycles. The average molecular weight is 792 g/mol. The van der Waals surface area contributed by atoms with Crippen molar-refractivity contribution in [1.29, 1.82) is 0 Å². The van der Waals surface area contributed by atoms with E-state index in [4.69, 9.17) is 4.74 Å². The van der Waals surface area contributed by atoms with Crippen molar-refractivity contribution in [3.8, 4) is 0 Å². The van der Waals surface area contributed by atoms with Gasteiger partial charge in [-0.25, -0.2) is 5.43 Å². The van der Waals surface area contributed by atoms with Gasteiger partial charge in [0.25, 0.3) is 5.91 Å². The highest BCUT2D eigenvalue weighted by atomic mass is 16.5. The Bertz CT molecular complexity index is 1620. The summed E-state index contributed by atoms with van der Waals surface area (Å²) < 4.78 is 6.04. The highest BCUT2D eigenvalue weighted by Crippen LogP contribution is 2.21. The van der Waals surface area contributed by atoms with Gasteiger partial charge in [-0.05, 0) is 76.5 Å². The molecular formula is C44H65N5O8. The first kappa shape index (κ1) is 48.4. The monoisotopic (exact) mass is 791 g/mol. The number of nitrogens with one attached hydrogen (secondary N) is 4. The van der Waals surface area contributed by atoms with E-state index >= 15 is 0 Å². The molecule has 1 heterocycles. The molecule has 13 heteroatoms. The predicted molar refractivity (Wildman–Crippen MR) is 221 cm³/mol. The largest absolute Gasteiger partial charge is 0.456 e. The zero-order chi connectivity index (χ0) is 42.5. The minimum Gasteiger partial charge on any atom is -0.456 e. The van der Waals surface area contributed by atoms with E-state index in [1.807, 2.05) is 70.2 Å². The molecule has 0 spiro atoms. The summed E-state index contributed by atoms with van der Waals surface area (Å²) in [6.07, 6.45) is 13.7. The van der Waals surface area contributed by atoms with E-state index in [-0.39, 0.29) is 48.2 Å². The number of aryl methyl sites for hydroxylation is 1. The Morgan fingerprint density at radius 1 is 1.04 bits per heavy atom. The van der Waals surface area contributed by atoms with E-state index in [1.165, 1.54) is 25.1 Å². The van der Waals surface area contributed by atoms with Gasteiger partial charge in [-0.2, -0.15) is 0 Å². The fourth-order valence-electron chi connectivity index (χ4n) is 6.54. The third kappa shape index (κ3) is 17.1. The molecular weight excluding hydrogens is 727 g/mol. The van der Waals surface area contributed by atoms with Gasteiger partial charge < -0.3 is 35.4 Å². The Balaban J connectivity index is 2.20. The fraction of sp³-hybridized carbons (Fsp3) is 0.545. The molecule has 13 nitrogen and oxygen atoms in total. The van der Waals surface area contributed by atoms with E-state index in [1.54, 1.807) is 32.2 Å². The SMILES string of the molecule is CNC(=O)/C=C/C=C(\C)[C@H](C/C=C/C=C/CC(C)C(O)[C@H](C=O)CCC(C)=O)OC(=O)C1CCCN(C(=O)C(Cc2cccc(C)c2)NC(=O)C(NC)C(C)C)N1. The Hall–Kier alpha value is -4.72. The number of hydrogen-bond acceptors (Lipinski definition) is 10. The predicted octanol–water partition coefficient (Wildman–Crippen LogP) is 4.00. The van der Waals surface area contributed by atoms with E-state index in [2.05, 4.69) is 21.4 Å². The number of hydrazine groups is 1. The molecule has 0 aliphatic carbocycles. The van der Waals surface area contributed by atoms with Gasteiger partial charge in [-0.15, -0.1) is 0 Å². The maximum atomic E-state index is 14.1. The van der Waals surface area contributed by atoms with Crippen LogP contribution in [0, 0.1) is 24.7 Å². The number of aliphatic hydroxyl groups is 1. The number of amides is 3. The van der Waals surface area contributed by atoms with Gasteiger partial charge in [0, 0.05) is 44.8 Å². The number of carbonyl (C=O) groups is 6. The molecule has 1 fully saturated rings. The molecule has 1 aliphatic rings. The van der Waals surface area contributed by atoms with Crippen molar-refractivity contribution in [2.45, 2.75) is 117 Å². The zero-order valence-electron chi connectivity index (χ0n) is 35.0. The normalized spacial score (nSPS) is 18.2. The highest BCUT2D eigenvalue weighted by Gasteiger charge is 2.35. The van der Waals surface area contributed by atoms with Gasteiger partial charge in [0.15, 0.2) is 0 Å². The van der Waals surface area contributed by atoms with Gasteiger partial charge in [0.2, 0.25) is 11.8 Å². The lowest BCUT2D eigenvalue weighted by atomic mass is 9.87. The van der Waals surface area contributed by atoms with Crippen LogP contribution in [-0.2, 0) is 39.9 Å². The number of nitrogens with zero attached hydrogens (tertiary/aromatic N) is 1. The van der Waals surface area contributed by atoms with Crippen molar-refractivity contribution in [3.05, 3.63) is 83.5 Å². The topological polar surface area (TPSA) is 183 Å². The molecule has 5 unspecified atom stereocenters. The van der Waals surface area contributed by atoms with Crippen LogP contribution in [0.15, 0.2) is 72.4 Å². The summed E-state index contributed by atoms with van der Waals surface area (Å²) in [6, 6.07) is 5.57. The van der Waals surface area contributed by atoms with Crippen molar-refractivity contribution in [2.24, 2.45) is 17.8 Å². The van der Waals surface area contributed by atoms with Crippen LogP contribution in [0.2, 0.25) is 0 Å². The fourth-order valence-corrected chi connectivity index (χ4v) is 6.54.